The summed E-state index contributed by atoms with van der Waals surface area (Å²) < 4.78 is 81.4. The van der Waals surface area contributed by atoms with Crippen molar-refractivity contribution in [3.05, 3.63) is 100 Å². The van der Waals surface area contributed by atoms with Gasteiger partial charge in [0.1, 0.15) is 36.7 Å². The summed E-state index contributed by atoms with van der Waals surface area (Å²) in [5.74, 6) is 0.216. The van der Waals surface area contributed by atoms with Gasteiger partial charge in [0.25, 0.3) is 20.2 Å². The Balaban J connectivity index is 1.41. The highest BCUT2D eigenvalue weighted by atomic mass is 35.5. The summed E-state index contributed by atoms with van der Waals surface area (Å²) in [5.41, 5.74) is 1.26. The molecule has 0 saturated heterocycles. The Morgan fingerprint density at radius 2 is 1.50 bits per heavy atom. The number of hydrogen-bond acceptors (Lipinski definition) is 10. The maximum absolute atomic E-state index is 12.3. The van der Waals surface area contributed by atoms with Gasteiger partial charge in [-0.05, 0) is 36.4 Å². The molecule has 0 aromatic heterocycles. The topological polar surface area (TPSA) is 180 Å². The highest BCUT2D eigenvalue weighted by Crippen LogP contribution is 2.54. The number of nitrogens with zero attached hydrogens (tertiary/aromatic N) is 2. The van der Waals surface area contributed by atoms with Crippen LogP contribution in [0.3, 0.4) is 0 Å². The third-order valence-electron chi connectivity index (χ3n) is 6.92. The number of nitrogens with one attached hydrogen (secondary N) is 2. The van der Waals surface area contributed by atoms with E-state index in [-0.39, 0.29) is 66.5 Å². The highest BCUT2D eigenvalue weighted by Gasteiger charge is 2.31. The van der Waals surface area contributed by atoms with Gasteiger partial charge >= 0.3 is 0 Å². The average Bonchev–Trinajstić information content (AvgIpc) is 3.02. The van der Waals surface area contributed by atoms with Gasteiger partial charge < -0.3 is 19.8 Å². The van der Waals surface area contributed by atoms with E-state index in [1.54, 1.807) is 60.7 Å². The number of anilines is 4. The molecule has 4 N–H and O–H groups in total. The molecule has 2 heterocycles. The third kappa shape index (κ3) is 5.40. The van der Waals surface area contributed by atoms with E-state index in [0.717, 1.165) is 6.07 Å². The fourth-order valence-corrected chi connectivity index (χ4v) is 6.69. The lowest BCUT2D eigenvalue weighted by molar-refractivity contribution is 0.476. The molecule has 7 rings (SSSR count). The summed E-state index contributed by atoms with van der Waals surface area (Å²) in [6.45, 7) is 0. The Morgan fingerprint density at radius 1 is 0.826 bits per heavy atom. The smallest absolute Gasteiger partial charge is 0.296 e. The van der Waals surface area contributed by atoms with E-state index in [0.29, 0.717) is 11.4 Å². The van der Waals surface area contributed by atoms with Gasteiger partial charge in [-0.15, -0.1) is 0 Å². The summed E-state index contributed by atoms with van der Waals surface area (Å²) in [5, 5.41) is 5.73. The molecule has 0 atom stereocenters. The molecule has 0 fully saturated rings. The van der Waals surface area contributed by atoms with Crippen molar-refractivity contribution in [3.8, 4) is 23.0 Å². The highest BCUT2D eigenvalue weighted by molar-refractivity contribution is 7.86. The van der Waals surface area contributed by atoms with Crippen molar-refractivity contribution in [2.45, 2.75) is 9.79 Å². The van der Waals surface area contributed by atoms with E-state index in [4.69, 9.17) is 32.4 Å². The van der Waals surface area contributed by atoms with Gasteiger partial charge in [0.05, 0.1) is 22.4 Å². The number of hydrogen-bond donors (Lipinski definition) is 4. The van der Waals surface area contributed by atoms with Crippen LogP contribution in [-0.2, 0) is 20.2 Å². The second-order valence-corrected chi connectivity index (χ2v) is 13.5. The summed E-state index contributed by atoms with van der Waals surface area (Å²) >= 11 is 13.5. The molecule has 0 bridgehead atoms. The van der Waals surface area contributed by atoms with Crippen LogP contribution in [0.15, 0.2) is 104 Å². The normalized spacial score (nSPS) is 13.2. The van der Waals surface area contributed by atoms with Crippen LogP contribution < -0.4 is 20.7 Å². The minimum Gasteiger partial charge on any atom is -0.451 e. The Bertz CT molecular complexity index is 2480. The minimum absolute atomic E-state index is 0.00870. The Kier molecular flexibility index (Phi) is 7.15. The van der Waals surface area contributed by atoms with Crippen LogP contribution in [0.4, 0.5) is 28.4 Å². The zero-order valence-corrected chi connectivity index (χ0v) is 26.0. The van der Waals surface area contributed by atoms with E-state index >= 15 is 0 Å². The molecule has 0 spiro atoms. The molecule has 2 aliphatic heterocycles. The monoisotopic (exact) mass is 696 g/mol. The predicted molar refractivity (Wildman–Crippen MR) is 171 cm³/mol. The van der Waals surface area contributed by atoms with Crippen LogP contribution in [0.5, 0.6) is 11.5 Å². The maximum Gasteiger partial charge on any atom is 0.296 e. The molecule has 4 aromatic rings. The third-order valence-corrected chi connectivity index (χ3v) is 9.41. The number of aromatic nitrogens is 1. The van der Waals surface area contributed by atoms with Crippen LogP contribution in [0.2, 0.25) is 10.0 Å². The summed E-state index contributed by atoms with van der Waals surface area (Å²) in [7, 11) is -9.44. The first-order valence-corrected chi connectivity index (χ1v) is 16.8. The van der Waals surface area contributed by atoms with Crippen molar-refractivity contribution in [3.63, 3.8) is 0 Å². The fraction of sp³-hybridized carbons (Fsp3) is 0. The number of rotatable bonds is 5. The van der Waals surface area contributed by atoms with Gasteiger partial charge in [-0.2, -0.15) is 16.8 Å². The van der Waals surface area contributed by atoms with Gasteiger partial charge in [0.15, 0.2) is 22.8 Å². The molecule has 232 valence electrons. The van der Waals surface area contributed by atoms with E-state index in [1.165, 1.54) is 18.2 Å². The second-order valence-electron chi connectivity index (χ2n) is 9.97. The SMILES string of the molecule is O=S(=O)(O)c1cc2c(cc1Nc1ccccc1)Oc1c(c(Cl)c3oc4cc(=Nc5ccccc5)c(S(=O)(=O)O)cc-4nc3c1Cl)N2. The van der Waals surface area contributed by atoms with Gasteiger partial charge in [0.2, 0.25) is 0 Å². The maximum atomic E-state index is 12.3. The number of halogens is 2. The molecular weight excluding hydrogens is 679 g/mol. The van der Waals surface area contributed by atoms with Gasteiger partial charge in [0, 0.05) is 17.8 Å². The quantitative estimate of drug-likeness (QED) is 0.103. The van der Waals surface area contributed by atoms with E-state index in [9.17, 15) is 25.9 Å². The molecule has 12 nitrogen and oxygen atoms in total. The fourth-order valence-electron chi connectivity index (χ4n) is 4.88. The lowest BCUT2D eigenvalue weighted by atomic mass is 10.1. The Hall–Kier alpha value is -4.70. The van der Waals surface area contributed by atoms with E-state index in [1.807, 2.05) is 0 Å². The van der Waals surface area contributed by atoms with Crippen LogP contribution in [0.1, 0.15) is 0 Å². The molecule has 0 saturated carbocycles. The number of para-hydroxylation sites is 2. The summed E-state index contributed by atoms with van der Waals surface area (Å²) in [6, 6.07) is 22.1. The van der Waals surface area contributed by atoms with Crippen LogP contribution in [-0.4, -0.2) is 30.9 Å². The number of fused-ring (bicyclic) bond motifs is 4. The molecule has 0 radical (unpaired) electrons. The van der Waals surface area contributed by atoms with Crippen LogP contribution in [0, 0.1) is 0 Å². The number of benzene rings is 5. The minimum atomic E-state index is -4.74. The first-order chi connectivity index (χ1) is 21.9. The molecule has 1 aliphatic carbocycles. The van der Waals surface area contributed by atoms with Crippen molar-refractivity contribution >= 4 is 83.0 Å². The zero-order valence-electron chi connectivity index (χ0n) is 22.9. The first-order valence-electron chi connectivity index (χ1n) is 13.2. The number of ether oxygens (including phenoxy) is 1. The molecule has 46 heavy (non-hydrogen) atoms. The predicted octanol–water partition coefficient (Wildman–Crippen LogP) is 7.56. The standard InChI is InChI=1S/C30H18Cl2N4O8S2/c31-25-28-30(44-22-12-20(34-16-9-5-2-6-10-16)24(46(40,41)42)14-18(22)36-28)26(32)27-29(25)43-21-11-19(33-15-7-3-1-4-8-15)23(45(37,38)39)13-17(21)35-27/h1-14,33,35H,(H,37,38,39)(H,40,41,42). The van der Waals surface area contributed by atoms with Gasteiger partial charge in [-0.1, -0.05) is 59.6 Å². The lowest BCUT2D eigenvalue weighted by Gasteiger charge is -2.26. The zero-order chi connectivity index (χ0) is 32.4. The lowest BCUT2D eigenvalue weighted by Crippen LogP contribution is -2.16. The molecule has 4 aromatic carbocycles. The summed E-state index contributed by atoms with van der Waals surface area (Å²) in [6.07, 6.45) is 0. The van der Waals surface area contributed by atoms with E-state index < -0.39 is 30.0 Å². The van der Waals surface area contributed by atoms with Crippen LogP contribution >= 0.6 is 23.2 Å². The van der Waals surface area contributed by atoms with Gasteiger partial charge in [-0.3, -0.25) is 9.11 Å². The van der Waals surface area contributed by atoms with Gasteiger partial charge in [-0.25, -0.2) is 9.98 Å². The van der Waals surface area contributed by atoms with Crippen molar-refractivity contribution in [1.82, 2.24) is 4.98 Å². The summed E-state index contributed by atoms with van der Waals surface area (Å²) in [4.78, 5) is 7.89. The molecular formula is C30H18Cl2N4O8S2. The first kappa shape index (κ1) is 30.0. The Morgan fingerprint density at radius 3 is 2.17 bits per heavy atom. The second kappa shape index (κ2) is 11.0. The van der Waals surface area contributed by atoms with Crippen molar-refractivity contribution < 1.29 is 35.1 Å². The molecule has 0 amide bonds. The Labute approximate surface area is 270 Å². The largest absolute Gasteiger partial charge is 0.451 e. The van der Waals surface area contributed by atoms with Crippen molar-refractivity contribution in [2.24, 2.45) is 4.99 Å². The molecule has 0 unspecified atom stereocenters. The molecule has 16 heteroatoms. The van der Waals surface area contributed by atoms with Crippen molar-refractivity contribution in [2.75, 3.05) is 10.6 Å². The average molecular weight is 698 g/mol. The van der Waals surface area contributed by atoms with E-state index in [2.05, 4.69) is 20.6 Å². The molecule has 3 aliphatic rings. The van der Waals surface area contributed by atoms with Crippen molar-refractivity contribution in [1.29, 1.82) is 0 Å². The van der Waals surface area contributed by atoms with Crippen LogP contribution in [0.25, 0.3) is 22.6 Å².